The van der Waals surface area contributed by atoms with Crippen molar-refractivity contribution in [1.29, 1.82) is 0 Å². The van der Waals surface area contributed by atoms with E-state index < -0.39 is 0 Å². The quantitative estimate of drug-likeness (QED) is 0.414. The molecule has 3 N–H and O–H groups in total. The summed E-state index contributed by atoms with van der Waals surface area (Å²) in [6, 6.07) is 18.5. The van der Waals surface area contributed by atoms with Gasteiger partial charge in [0.15, 0.2) is 0 Å². The van der Waals surface area contributed by atoms with Gasteiger partial charge in [0.05, 0.1) is 0 Å². The first-order chi connectivity index (χ1) is 15.9. The molecule has 0 spiro atoms. The van der Waals surface area contributed by atoms with E-state index in [1.54, 1.807) is 30.3 Å². The average Bonchev–Trinajstić information content (AvgIpc) is 3.63. The molecule has 3 amide bonds. The molecule has 0 aromatic heterocycles. The Kier molecular flexibility index (Phi) is 6.96. The molecule has 6 nitrogen and oxygen atoms in total. The van der Waals surface area contributed by atoms with Crippen LogP contribution in [-0.2, 0) is 11.3 Å². The molecule has 0 aliphatic heterocycles. The molecular formula is C25H21Cl2N3O3. The number of benzene rings is 3. The van der Waals surface area contributed by atoms with Crippen LogP contribution in [0.3, 0.4) is 0 Å². The maximum absolute atomic E-state index is 12.5. The van der Waals surface area contributed by atoms with Gasteiger partial charge in [0.2, 0.25) is 5.91 Å². The number of hydrogen-bond acceptors (Lipinski definition) is 3. The van der Waals surface area contributed by atoms with Crippen LogP contribution < -0.4 is 16.0 Å². The summed E-state index contributed by atoms with van der Waals surface area (Å²) in [6.45, 7) is 0.319. The van der Waals surface area contributed by atoms with E-state index in [1.165, 1.54) is 12.1 Å². The maximum Gasteiger partial charge on any atom is 0.255 e. The average molecular weight is 482 g/mol. The van der Waals surface area contributed by atoms with Crippen LogP contribution in [0.4, 0.5) is 11.4 Å². The Balaban J connectivity index is 1.32. The zero-order valence-electron chi connectivity index (χ0n) is 17.5. The monoisotopic (exact) mass is 481 g/mol. The van der Waals surface area contributed by atoms with Gasteiger partial charge in [-0.15, -0.1) is 0 Å². The first kappa shape index (κ1) is 22.8. The predicted octanol–water partition coefficient (Wildman–Crippen LogP) is 5.52. The minimum Gasteiger partial charge on any atom is -0.348 e. The Bertz CT molecular complexity index is 1190. The number of carbonyl (C=O) groups excluding carboxylic acids is 3. The van der Waals surface area contributed by atoms with Crippen molar-refractivity contribution < 1.29 is 14.4 Å². The van der Waals surface area contributed by atoms with Crippen molar-refractivity contribution in [3.8, 4) is 0 Å². The Morgan fingerprint density at radius 3 is 2.12 bits per heavy atom. The standard InChI is InChI=1S/C25H21Cl2N3O3/c26-19-11-18(12-20(27)13-19)25(33)29-21-8-6-16(7-9-21)23(31)28-14-15-2-1-3-22(10-15)30-24(32)17-4-5-17/h1-3,6-13,17H,4-5,14H2,(H,28,31)(H,29,33)(H,30,32). The molecule has 1 aliphatic rings. The third-order valence-corrected chi connectivity index (χ3v) is 5.56. The van der Waals surface area contributed by atoms with Crippen molar-refractivity contribution in [3.63, 3.8) is 0 Å². The van der Waals surface area contributed by atoms with Crippen LogP contribution in [0.2, 0.25) is 10.0 Å². The van der Waals surface area contributed by atoms with E-state index in [4.69, 9.17) is 23.2 Å². The third-order valence-electron chi connectivity index (χ3n) is 5.13. The molecule has 33 heavy (non-hydrogen) atoms. The fourth-order valence-corrected chi connectivity index (χ4v) is 3.75. The highest BCUT2D eigenvalue weighted by molar-refractivity contribution is 6.35. The first-order valence-electron chi connectivity index (χ1n) is 10.4. The number of amides is 3. The van der Waals surface area contributed by atoms with E-state index in [0.29, 0.717) is 33.4 Å². The maximum atomic E-state index is 12.5. The zero-order chi connectivity index (χ0) is 23.4. The molecule has 1 saturated carbocycles. The molecule has 0 radical (unpaired) electrons. The number of anilines is 2. The fourth-order valence-electron chi connectivity index (χ4n) is 3.23. The van der Waals surface area contributed by atoms with E-state index in [2.05, 4.69) is 16.0 Å². The van der Waals surface area contributed by atoms with Crippen LogP contribution in [0.1, 0.15) is 39.1 Å². The number of hydrogen-bond donors (Lipinski definition) is 3. The molecular weight excluding hydrogens is 461 g/mol. The van der Waals surface area contributed by atoms with Crippen LogP contribution in [0, 0.1) is 5.92 Å². The van der Waals surface area contributed by atoms with E-state index in [0.717, 1.165) is 24.1 Å². The lowest BCUT2D eigenvalue weighted by Crippen LogP contribution is -2.23. The number of nitrogens with one attached hydrogen (secondary N) is 3. The van der Waals surface area contributed by atoms with Gasteiger partial charge in [0.1, 0.15) is 0 Å². The second-order valence-electron chi connectivity index (χ2n) is 7.84. The molecule has 8 heteroatoms. The van der Waals surface area contributed by atoms with Crippen LogP contribution in [0.5, 0.6) is 0 Å². The molecule has 4 rings (SSSR count). The Labute approximate surface area is 201 Å². The summed E-state index contributed by atoms with van der Waals surface area (Å²) in [5.74, 6) is -0.432. The molecule has 0 atom stereocenters. The zero-order valence-corrected chi connectivity index (χ0v) is 19.0. The van der Waals surface area contributed by atoms with Crippen LogP contribution in [0.15, 0.2) is 66.7 Å². The highest BCUT2D eigenvalue weighted by atomic mass is 35.5. The lowest BCUT2D eigenvalue weighted by molar-refractivity contribution is -0.117. The van der Waals surface area contributed by atoms with E-state index >= 15 is 0 Å². The van der Waals surface area contributed by atoms with Gasteiger partial charge in [-0.05, 0) is 73.0 Å². The predicted molar refractivity (Wildman–Crippen MR) is 130 cm³/mol. The summed E-state index contributed by atoms with van der Waals surface area (Å²) in [7, 11) is 0. The lowest BCUT2D eigenvalue weighted by Gasteiger charge is -2.10. The Morgan fingerprint density at radius 2 is 1.45 bits per heavy atom. The summed E-state index contributed by atoms with van der Waals surface area (Å²) in [5.41, 5.74) is 2.93. The minimum absolute atomic E-state index is 0.0434. The van der Waals surface area contributed by atoms with Crippen molar-refractivity contribution in [3.05, 3.63) is 93.5 Å². The molecule has 0 saturated heterocycles. The molecule has 1 aliphatic carbocycles. The highest BCUT2D eigenvalue weighted by Gasteiger charge is 2.29. The van der Waals surface area contributed by atoms with Crippen LogP contribution >= 0.6 is 23.2 Å². The summed E-state index contributed by atoms with van der Waals surface area (Å²) in [6.07, 6.45) is 1.89. The fraction of sp³-hybridized carbons (Fsp3) is 0.160. The van der Waals surface area contributed by atoms with Crippen molar-refractivity contribution >= 4 is 52.3 Å². The summed E-state index contributed by atoms with van der Waals surface area (Å²) < 4.78 is 0. The summed E-state index contributed by atoms with van der Waals surface area (Å²) >= 11 is 11.9. The second kappa shape index (κ2) is 10.1. The molecule has 1 fully saturated rings. The smallest absolute Gasteiger partial charge is 0.255 e. The van der Waals surface area contributed by atoms with Crippen LogP contribution in [-0.4, -0.2) is 17.7 Å². The minimum atomic E-state index is -0.356. The highest BCUT2D eigenvalue weighted by Crippen LogP contribution is 2.30. The molecule has 0 heterocycles. The topological polar surface area (TPSA) is 87.3 Å². The summed E-state index contributed by atoms with van der Waals surface area (Å²) in [5, 5.41) is 9.25. The van der Waals surface area contributed by atoms with Gasteiger partial charge in [-0.1, -0.05) is 35.3 Å². The van der Waals surface area contributed by atoms with E-state index in [9.17, 15) is 14.4 Å². The van der Waals surface area contributed by atoms with E-state index in [-0.39, 0.29) is 23.6 Å². The molecule has 0 unspecified atom stereocenters. The largest absolute Gasteiger partial charge is 0.348 e. The summed E-state index contributed by atoms with van der Waals surface area (Å²) in [4.78, 5) is 36.8. The van der Waals surface area contributed by atoms with Gasteiger partial charge < -0.3 is 16.0 Å². The number of halogens is 2. The van der Waals surface area contributed by atoms with Gasteiger partial charge in [-0.3, -0.25) is 14.4 Å². The third kappa shape index (κ3) is 6.34. The molecule has 168 valence electrons. The Hall–Kier alpha value is -3.35. The molecule has 0 bridgehead atoms. The SMILES string of the molecule is O=C(NCc1cccc(NC(=O)C2CC2)c1)c1ccc(NC(=O)c2cc(Cl)cc(Cl)c2)cc1. The second-order valence-corrected chi connectivity index (χ2v) is 8.71. The van der Waals surface area contributed by atoms with Crippen molar-refractivity contribution in [2.24, 2.45) is 5.92 Å². The van der Waals surface area contributed by atoms with Crippen LogP contribution in [0.25, 0.3) is 0 Å². The lowest BCUT2D eigenvalue weighted by atomic mass is 10.1. The Morgan fingerprint density at radius 1 is 0.758 bits per heavy atom. The molecule has 3 aromatic rings. The number of carbonyl (C=O) groups is 3. The van der Waals surface area contributed by atoms with Gasteiger partial charge in [-0.25, -0.2) is 0 Å². The number of rotatable bonds is 7. The van der Waals surface area contributed by atoms with Gasteiger partial charge in [0.25, 0.3) is 11.8 Å². The van der Waals surface area contributed by atoms with Crippen molar-refractivity contribution in [1.82, 2.24) is 5.32 Å². The molecule has 3 aromatic carbocycles. The van der Waals surface area contributed by atoms with Gasteiger partial charge in [-0.2, -0.15) is 0 Å². The van der Waals surface area contributed by atoms with E-state index in [1.807, 2.05) is 24.3 Å². The van der Waals surface area contributed by atoms with Gasteiger partial charge >= 0.3 is 0 Å². The normalized spacial score (nSPS) is 12.7. The van der Waals surface area contributed by atoms with Gasteiger partial charge in [0, 0.05) is 45.0 Å². The van der Waals surface area contributed by atoms with Crippen molar-refractivity contribution in [2.45, 2.75) is 19.4 Å². The van der Waals surface area contributed by atoms with Crippen molar-refractivity contribution in [2.75, 3.05) is 10.6 Å². The first-order valence-corrected chi connectivity index (χ1v) is 11.2.